The van der Waals surface area contributed by atoms with Crippen molar-refractivity contribution in [3.8, 4) is 17.2 Å². The van der Waals surface area contributed by atoms with E-state index in [1.807, 2.05) is 38.1 Å². The second kappa shape index (κ2) is 8.99. The summed E-state index contributed by atoms with van der Waals surface area (Å²) in [5.41, 5.74) is 3.19. The largest absolute Gasteiger partial charge is 0.492 e. The summed E-state index contributed by atoms with van der Waals surface area (Å²) in [7, 11) is 1.62. The van der Waals surface area contributed by atoms with E-state index in [9.17, 15) is 5.11 Å². The molecule has 6 heteroatoms. The summed E-state index contributed by atoms with van der Waals surface area (Å²) >= 11 is 3.61. The van der Waals surface area contributed by atoms with Crippen LogP contribution in [0.2, 0.25) is 0 Å². The number of fused-ring (bicyclic) bond motifs is 1. The third kappa shape index (κ3) is 4.35. The van der Waals surface area contributed by atoms with E-state index >= 15 is 0 Å². The number of benzene rings is 2. The Morgan fingerprint density at radius 2 is 1.86 bits per heavy atom. The van der Waals surface area contributed by atoms with Crippen molar-refractivity contribution in [1.29, 1.82) is 0 Å². The van der Waals surface area contributed by atoms with Crippen molar-refractivity contribution in [3.05, 3.63) is 52.6 Å². The van der Waals surface area contributed by atoms with Crippen molar-refractivity contribution in [2.24, 2.45) is 0 Å². The number of nitrogens with one attached hydrogen (secondary N) is 1. The molecule has 0 fully saturated rings. The Labute approximate surface area is 174 Å². The van der Waals surface area contributed by atoms with Crippen molar-refractivity contribution in [2.75, 3.05) is 20.3 Å². The third-order valence-electron chi connectivity index (χ3n) is 4.55. The highest BCUT2D eigenvalue weighted by atomic mass is 79.9. The maximum Gasteiger partial charge on any atom is 0.175 e. The van der Waals surface area contributed by atoms with Gasteiger partial charge in [-0.25, -0.2) is 0 Å². The zero-order valence-electron chi connectivity index (χ0n) is 16.7. The lowest BCUT2D eigenvalue weighted by Crippen LogP contribution is -2.35. The molecular weight excluding hydrogens is 420 g/mol. The number of para-hydroxylation sites is 1. The molecule has 0 aliphatic heterocycles. The van der Waals surface area contributed by atoms with Crippen LogP contribution < -0.4 is 14.8 Å². The van der Waals surface area contributed by atoms with Crippen LogP contribution in [0.5, 0.6) is 11.5 Å². The third-order valence-corrected chi connectivity index (χ3v) is 5.14. The molecule has 1 heterocycles. The number of hydrogen-bond donors (Lipinski definition) is 2. The minimum absolute atomic E-state index is 0.178. The van der Waals surface area contributed by atoms with Gasteiger partial charge in [-0.2, -0.15) is 0 Å². The van der Waals surface area contributed by atoms with Crippen molar-refractivity contribution in [3.63, 3.8) is 0 Å². The van der Waals surface area contributed by atoms with Crippen molar-refractivity contribution < 1.29 is 14.6 Å². The van der Waals surface area contributed by atoms with E-state index < -0.39 is 6.10 Å². The molecule has 28 heavy (non-hydrogen) atoms. The van der Waals surface area contributed by atoms with Gasteiger partial charge in [0.2, 0.25) is 0 Å². The molecule has 3 aromatic rings. The lowest BCUT2D eigenvalue weighted by molar-refractivity contribution is 0.104. The Bertz CT molecular complexity index is 938. The summed E-state index contributed by atoms with van der Waals surface area (Å²) in [6.45, 7) is 6.81. The highest BCUT2D eigenvalue weighted by molar-refractivity contribution is 9.10. The number of nitrogens with zero attached hydrogens (tertiary/aromatic N) is 1. The number of rotatable bonds is 8. The summed E-state index contributed by atoms with van der Waals surface area (Å²) in [5.74, 6) is 1.26. The molecule has 1 atom stereocenters. The average molecular weight is 447 g/mol. The molecule has 0 unspecified atom stereocenters. The second-order valence-electron chi connectivity index (χ2n) is 7.14. The molecule has 1 aromatic heterocycles. The van der Waals surface area contributed by atoms with Crippen LogP contribution in [-0.4, -0.2) is 42.1 Å². The number of aromatic nitrogens is 1. The normalized spacial score (nSPS) is 12.5. The van der Waals surface area contributed by atoms with Crippen LogP contribution in [0.25, 0.3) is 16.6 Å². The van der Waals surface area contributed by atoms with E-state index in [-0.39, 0.29) is 6.61 Å². The monoisotopic (exact) mass is 446 g/mol. The Balaban J connectivity index is 2.01. The van der Waals surface area contributed by atoms with Gasteiger partial charge in [0.15, 0.2) is 11.5 Å². The highest BCUT2D eigenvalue weighted by Gasteiger charge is 2.20. The average Bonchev–Trinajstić information content (AvgIpc) is 3.00. The summed E-state index contributed by atoms with van der Waals surface area (Å²) in [5, 5.41) is 14.4. The van der Waals surface area contributed by atoms with E-state index in [1.165, 1.54) is 0 Å². The lowest BCUT2D eigenvalue weighted by atomic mass is 10.2. The van der Waals surface area contributed by atoms with Gasteiger partial charge in [0.05, 0.1) is 17.1 Å². The second-order valence-corrected chi connectivity index (χ2v) is 7.99. The van der Waals surface area contributed by atoms with Gasteiger partial charge in [-0.3, -0.25) is 0 Å². The molecule has 0 aliphatic rings. The maximum atomic E-state index is 10.3. The fraction of sp³-hybridized carbons (Fsp3) is 0.364. The fourth-order valence-corrected chi connectivity index (χ4v) is 3.82. The van der Waals surface area contributed by atoms with Gasteiger partial charge in [-0.15, -0.1) is 0 Å². The van der Waals surface area contributed by atoms with E-state index in [4.69, 9.17) is 9.47 Å². The standard InChI is InChI=1S/C22H27BrN2O3/c1-14(2)24-12-17(26)13-28-21-18-10-15(3)25(16-8-6-5-7-9-16)20(18)11-19(23)22(21)27-4/h5-11,14,17,24,26H,12-13H2,1-4H3/t17-/m0/s1. The van der Waals surface area contributed by atoms with Crippen LogP contribution in [0, 0.1) is 6.92 Å². The van der Waals surface area contributed by atoms with Crippen LogP contribution in [0.1, 0.15) is 19.5 Å². The lowest BCUT2D eigenvalue weighted by Gasteiger charge is -2.18. The van der Waals surface area contributed by atoms with Gasteiger partial charge < -0.3 is 24.5 Å². The number of methoxy groups -OCH3 is 1. The van der Waals surface area contributed by atoms with E-state index in [2.05, 4.69) is 50.9 Å². The minimum Gasteiger partial charge on any atom is -0.492 e. The van der Waals surface area contributed by atoms with Gasteiger partial charge in [0, 0.05) is 29.4 Å². The molecule has 150 valence electrons. The first-order valence-corrected chi connectivity index (χ1v) is 10.2. The molecule has 2 N–H and O–H groups in total. The molecular formula is C22H27BrN2O3. The van der Waals surface area contributed by atoms with Crippen molar-refractivity contribution in [2.45, 2.75) is 32.9 Å². The first-order valence-electron chi connectivity index (χ1n) is 9.40. The Morgan fingerprint density at radius 1 is 1.14 bits per heavy atom. The number of aryl methyl sites for hydroxylation is 1. The molecule has 0 spiro atoms. The number of ether oxygens (including phenoxy) is 2. The van der Waals surface area contributed by atoms with E-state index in [1.54, 1.807) is 7.11 Å². The van der Waals surface area contributed by atoms with Crippen LogP contribution in [0.15, 0.2) is 46.9 Å². The van der Waals surface area contributed by atoms with Gasteiger partial charge in [-0.1, -0.05) is 32.0 Å². The molecule has 2 aromatic carbocycles. The molecule has 0 aliphatic carbocycles. The van der Waals surface area contributed by atoms with Gasteiger partial charge in [0.1, 0.15) is 12.7 Å². The number of aliphatic hydroxyl groups excluding tert-OH is 1. The summed E-state index contributed by atoms with van der Waals surface area (Å²) in [6.07, 6.45) is -0.613. The zero-order chi connectivity index (χ0) is 20.3. The van der Waals surface area contributed by atoms with Crippen molar-refractivity contribution >= 4 is 26.8 Å². The van der Waals surface area contributed by atoms with Crippen molar-refractivity contribution in [1.82, 2.24) is 9.88 Å². The summed E-state index contributed by atoms with van der Waals surface area (Å²) in [6, 6.07) is 14.6. The first kappa shape index (κ1) is 20.7. The Kier molecular flexibility index (Phi) is 6.65. The van der Waals surface area contributed by atoms with E-state index in [0.717, 1.165) is 26.8 Å². The van der Waals surface area contributed by atoms with E-state index in [0.29, 0.717) is 24.1 Å². The minimum atomic E-state index is -0.613. The molecule has 5 nitrogen and oxygen atoms in total. The predicted molar refractivity (Wildman–Crippen MR) is 117 cm³/mol. The smallest absolute Gasteiger partial charge is 0.175 e. The first-order chi connectivity index (χ1) is 13.4. The molecule has 0 saturated carbocycles. The molecule has 0 radical (unpaired) electrons. The highest BCUT2D eigenvalue weighted by Crippen LogP contribution is 2.43. The SMILES string of the molecule is COc1c(Br)cc2c(cc(C)n2-c2ccccc2)c1OC[C@@H](O)CNC(C)C. The Morgan fingerprint density at radius 3 is 2.50 bits per heavy atom. The fourth-order valence-electron chi connectivity index (χ4n) is 3.26. The summed E-state index contributed by atoms with van der Waals surface area (Å²) < 4.78 is 14.6. The van der Waals surface area contributed by atoms with Crippen LogP contribution in [-0.2, 0) is 0 Å². The molecule has 3 rings (SSSR count). The predicted octanol–water partition coefficient (Wildman–Crippen LogP) is 4.45. The number of aliphatic hydroxyl groups is 1. The van der Waals surface area contributed by atoms with Gasteiger partial charge >= 0.3 is 0 Å². The van der Waals surface area contributed by atoms with Crippen LogP contribution >= 0.6 is 15.9 Å². The summed E-state index contributed by atoms with van der Waals surface area (Å²) in [4.78, 5) is 0. The maximum absolute atomic E-state index is 10.3. The molecule has 0 saturated heterocycles. The number of halogens is 1. The molecule has 0 bridgehead atoms. The van der Waals surface area contributed by atoms with Gasteiger partial charge in [0.25, 0.3) is 0 Å². The van der Waals surface area contributed by atoms with Crippen LogP contribution in [0.3, 0.4) is 0 Å². The topological polar surface area (TPSA) is 55.7 Å². The van der Waals surface area contributed by atoms with Crippen LogP contribution in [0.4, 0.5) is 0 Å². The van der Waals surface area contributed by atoms with Gasteiger partial charge in [-0.05, 0) is 47.1 Å². The number of hydrogen-bond acceptors (Lipinski definition) is 4. The molecule has 0 amide bonds. The quantitative estimate of drug-likeness (QED) is 0.536. The Hall–Kier alpha value is -2.02. The zero-order valence-corrected chi connectivity index (χ0v) is 18.3.